The lowest BCUT2D eigenvalue weighted by Crippen LogP contribution is -2.71. The molecule has 0 saturated carbocycles. The van der Waals surface area contributed by atoms with Crippen LogP contribution in [0.1, 0.15) is 161 Å². The van der Waals surface area contributed by atoms with Gasteiger partial charge >= 0.3 is 18.0 Å². The number of primary amides is 1. The Morgan fingerprint density at radius 2 is 1.42 bits per heavy atom. The summed E-state index contributed by atoms with van der Waals surface area (Å²) in [5, 5.41) is 8.44. The molecule has 1 saturated heterocycles. The number of oxime groups is 1. The number of furan rings is 1. The van der Waals surface area contributed by atoms with Crippen molar-refractivity contribution in [3.05, 3.63) is 35.4 Å². The van der Waals surface area contributed by atoms with E-state index in [1.165, 1.54) is 114 Å². The van der Waals surface area contributed by atoms with Gasteiger partial charge in [-0.15, -0.1) is 11.8 Å². The number of esters is 2. The molecular weight excluding hydrogens is 819 g/mol. The van der Waals surface area contributed by atoms with Crippen LogP contribution in [-0.2, 0) is 43.0 Å². The van der Waals surface area contributed by atoms with Crippen molar-refractivity contribution in [3.63, 3.8) is 0 Å². The summed E-state index contributed by atoms with van der Waals surface area (Å²) < 4.78 is 21.4. The molecule has 0 aliphatic carbocycles. The third kappa shape index (κ3) is 17.3. The number of fused-ring (bicyclic) bond motifs is 1. The second-order valence-corrected chi connectivity index (χ2v) is 17.0. The number of nitrogens with zero attached hydrogens (tertiary/aromatic N) is 2. The number of thioether (sulfide) groups is 1. The Morgan fingerprint density at radius 3 is 1.94 bits per heavy atom. The SMILES string of the molecule is CCCCCCCCCCCCC(NC(=O)[C@@H](CCCCCCCCCCCC)OC(=O)C1=C(COC(N)=O)CS[C@@H]2[C@H](NC(=O)/C(=N\OC)c3ccco3)C(=O)N12)C(=O)OC. The highest BCUT2D eigenvalue weighted by Crippen LogP contribution is 2.41. The average Bonchev–Trinajstić information content (AvgIpc) is 3.81. The van der Waals surface area contributed by atoms with Gasteiger partial charge in [-0.1, -0.05) is 141 Å². The van der Waals surface area contributed by atoms with Crippen LogP contribution in [0.25, 0.3) is 0 Å². The molecule has 17 heteroatoms. The maximum Gasteiger partial charge on any atom is 0.404 e. The van der Waals surface area contributed by atoms with E-state index in [0.717, 1.165) is 44.9 Å². The van der Waals surface area contributed by atoms with Crippen molar-refractivity contribution in [3.8, 4) is 0 Å². The predicted molar refractivity (Wildman–Crippen MR) is 237 cm³/mol. The van der Waals surface area contributed by atoms with E-state index in [1.54, 1.807) is 6.07 Å². The van der Waals surface area contributed by atoms with Crippen LogP contribution < -0.4 is 16.4 Å². The van der Waals surface area contributed by atoms with Crippen molar-refractivity contribution < 1.29 is 52.2 Å². The third-order valence-electron chi connectivity index (χ3n) is 11.1. The molecule has 2 aliphatic rings. The van der Waals surface area contributed by atoms with Gasteiger partial charge in [-0.05, 0) is 31.4 Å². The monoisotopic (exact) mass is 889 g/mol. The maximum atomic E-state index is 14.2. The van der Waals surface area contributed by atoms with Gasteiger partial charge in [0.25, 0.3) is 17.7 Å². The summed E-state index contributed by atoms with van der Waals surface area (Å²) in [4.78, 5) is 85.9. The number of unbranched alkanes of at least 4 members (excludes halogenated alkanes) is 18. The van der Waals surface area contributed by atoms with Crippen molar-refractivity contribution in [1.29, 1.82) is 0 Å². The first-order valence-corrected chi connectivity index (χ1v) is 23.8. The van der Waals surface area contributed by atoms with Crippen molar-refractivity contribution in [2.24, 2.45) is 10.9 Å². The molecule has 1 aromatic heterocycles. The van der Waals surface area contributed by atoms with Gasteiger partial charge in [0.1, 0.15) is 36.9 Å². The number of hydrogen-bond acceptors (Lipinski definition) is 13. The molecule has 1 fully saturated rings. The largest absolute Gasteiger partial charge is 0.467 e. The Hall–Kier alpha value is -4.54. The summed E-state index contributed by atoms with van der Waals surface area (Å²) in [6.07, 6.45) is 21.2. The van der Waals surface area contributed by atoms with Crippen LogP contribution in [0, 0.1) is 0 Å². The van der Waals surface area contributed by atoms with E-state index in [0.29, 0.717) is 19.3 Å². The third-order valence-corrected chi connectivity index (χ3v) is 12.4. The molecule has 4 amide bonds. The highest BCUT2D eigenvalue weighted by Gasteiger charge is 2.55. The summed E-state index contributed by atoms with van der Waals surface area (Å²) in [7, 11) is 2.53. The van der Waals surface area contributed by atoms with Crippen LogP contribution in [-0.4, -0.2) is 96.5 Å². The molecule has 0 radical (unpaired) electrons. The van der Waals surface area contributed by atoms with Crippen molar-refractivity contribution in [2.45, 2.75) is 179 Å². The van der Waals surface area contributed by atoms with E-state index in [2.05, 4.69) is 29.6 Å². The van der Waals surface area contributed by atoms with Crippen LogP contribution in [0.5, 0.6) is 0 Å². The fraction of sp³-hybridized carbons (Fsp3) is 0.711. The molecule has 1 unspecified atom stereocenters. The maximum absolute atomic E-state index is 14.2. The number of amides is 4. The van der Waals surface area contributed by atoms with Gasteiger partial charge in [-0.2, -0.15) is 0 Å². The molecule has 4 N–H and O–H groups in total. The molecule has 348 valence electrons. The minimum Gasteiger partial charge on any atom is -0.467 e. The molecule has 2 aliphatic heterocycles. The van der Waals surface area contributed by atoms with Gasteiger partial charge in [0.15, 0.2) is 11.9 Å². The Bertz CT molecular complexity index is 1620. The van der Waals surface area contributed by atoms with Gasteiger partial charge in [-0.3, -0.25) is 19.3 Å². The summed E-state index contributed by atoms with van der Waals surface area (Å²) in [5.41, 5.74) is 5.09. The van der Waals surface area contributed by atoms with Crippen LogP contribution in [0.4, 0.5) is 4.79 Å². The number of carbonyl (C=O) groups is 6. The highest BCUT2D eigenvalue weighted by molar-refractivity contribution is 8.00. The Morgan fingerprint density at radius 1 is 0.855 bits per heavy atom. The summed E-state index contributed by atoms with van der Waals surface area (Å²) in [6.45, 7) is 3.99. The number of nitrogens with two attached hydrogens (primary N) is 1. The second kappa shape index (κ2) is 29.7. The number of ether oxygens (including phenoxy) is 3. The number of methoxy groups -OCH3 is 1. The lowest BCUT2D eigenvalue weighted by Gasteiger charge is -2.49. The molecule has 0 spiro atoms. The number of hydrogen-bond donors (Lipinski definition) is 3. The number of rotatable bonds is 33. The number of carbonyl (C=O) groups excluding carboxylic acids is 6. The molecule has 1 aromatic rings. The molecule has 0 bridgehead atoms. The van der Waals surface area contributed by atoms with Crippen LogP contribution >= 0.6 is 11.8 Å². The molecular formula is C45H71N5O11S. The fourth-order valence-electron chi connectivity index (χ4n) is 7.59. The van der Waals surface area contributed by atoms with E-state index in [4.69, 9.17) is 29.2 Å². The first-order chi connectivity index (χ1) is 30.1. The minimum atomic E-state index is -1.32. The van der Waals surface area contributed by atoms with Gasteiger partial charge in [-0.25, -0.2) is 14.4 Å². The van der Waals surface area contributed by atoms with Gasteiger partial charge in [0.2, 0.25) is 5.71 Å². The van der Waals surface area contributed by atoms with Gasteiger partial charge < -0.3 is 39.8 Å². The van der Waals surface area contributed by atoms with Crippen LogP contribution in [0.15, 0.2) is 39.2 Å². The van der Waals surface area contributed by atoms with Crippen LogP contribution in [0.2, 0.25) is 0 Å². The summed E-state index contributed by atoms with van der Waals surface area (Å²) >= 11 is 1.22. The molecule has 62 heavy (non-hydrogen) atoms. The molecule has 4 atom stereocenters. The van der Waals surface area contributed by atoms with Crippen molar-refractivity contribution in [2.75, 3.05) is 26.6 Å². The lowest BCUT2D eigenvalue weighted by molar-refractivity contribution is -0.160. The predicted octanol–water partition coefficient (Wildman–Crippen LogP) is 7.57. The van der Waals surface area contributed by atoms with E-state index in [-0.39, 0.29) is 34.9 Å². The van der Waals surface area contributed by atoms with Crippen LogP contribution in [0.3, 0.4) is 0 Å². The van der Waals surface area contributed by atoms with Gasteiger partial charge in [0.05, 0.1) is 13.4 Å². The standard InChI is InChI=1S/C45H71N5O11S/c1-5-7-9-11-13-15-17-19-21-23-26-33(43(54)57-3)47-39(51)35(27-24-22-20-18-16-14-12-10-8-6-2)61-44(55)38-32(30-60-45(46)56)31-62-42-37(41(53)50(38)42)48-40(52)36(49-58-4)34-28-25-29-59-34/h25,28-29,33,35,37,42H,5-24,26-27,30-31H2,1-4H3,(H2,46,56)(H,47,51)(H,48,52)/b49-36-/t33?,35-,37-,42-/m1/s1. The quantitative estimate of drug-likeness (QED) is 0.0155. The topological polar surface area (TPSA) is 218 Å². The van der Waals surface area contributed by atoms with E-state index < -0.39 is 65.9 Å². The second-order valence-electron chi connectivity index (χ2n) is 15.9. The van der Waals surface area contributed by atoms with E-state index in [1.807, 2.05) is 0 Å². The van der Waals surface area contributed by atoms with E-state index in [9.17, 15) is 28.8 Å². The fourth-order valence-corrected chi connectivity index (χ4v) is 8.92. The zero-order chi connectivity index (χ0) is 45.1. The number of β-lactam (4-membered cyclic amide) rings is 1. The lowest BCUT2D eigenvalue weighted by atomic mass is 10.0. The zero-order valence-electron chi connectivity index (χ0n) is 37.4. The normalized spacial score (nSPS) is 17.1. The first kappa shape index (κ1) is 51.8. The van der Waals surface area contributed by atoms with Gasteiger partial charge in [0, 0.05) is 11.3 Å². The molecule has 3 heterocycles. The van der Waals surface area contributed by atoms with Crippen molar-refractivity contribution in [1.82, 2.24) is 15.5 Å². The highest BCUT2D eigenvalue weighted by atomic mass is 32.2. The number of nitrogens with one attached hydrogen (secondary N) is 2. The smallest absolute Gasteiger partial charge is 0.404 e. The van der Waals surface area contributed by atoms with E-state index >= 15 is 0 Å². The Kier molecular flexibility index (Phi) is 24.8. The van der Waals surface area contributed by atoms with Crippen molar-refractivity contribution >= 4 is 53.2 Å². The molecule has 16 nitrogen and oxygen atoms in total. The first-order valence-electron chi connectivity index (χ1n) is 22.7. The summed E-state index contributed by atoms with van der Waals surface area (Å²) in [6, 6.07) is 1.05. The Labute approximate surface area is 371 Å². The molecule has 0 aromatic carbocycles. The molecule has 3 rings (SSSR count). The summed E-state index contributed by atoms with van der Waals surface area (Å²) in [5.74, 6) is -3.42. The zero-order valence-corrected chi connectivity index (χ0v) is 38.2. The minimum absolute atomic E-state index is 0.105. The Balaban J connectivity index is 1.75. The average molecular weight is 890 g/mol.